The Balaban J connectivity index is 1.86. The van der Waals surface area contributed by atoms with Crippen LogP contribution in [-0.4, -0.2) is 19.2 Å². The Bertz CT molecular complexity index is 948. The van der Waals surface area contributed by atoms with Gasteiger partial charge in [0.05, 0.1) is 20.8 Å². The smallest absolute Gasteiger partial charge is 0.261 e. The number of aryl methyl sites for hydroxylation is 1. The summed E-state index contributed by atoms with van der Waals surface area (Å²) >= 11 is 3.27. The minimum Gasteiger partial charge on any atom is -0.280 e. The standard InChI is InChI=1S/C17H18N2O2S3/c1-3-12-5-8-14(9-6-12)24(20,21)19-13-7-10-15-16(11-13)23-17(18-15)22-4-2/h5-11,19H,3-4H2,1-2H3. The van der Waals surface area contributed by atoms with Crippen molar-refractivity contribution in [1.82, 2.24) is 4.98 Å². The van der Waals surface area contributed by atoms with Gasteiger partial charge in [0, 0.05) is 0 Å². The van der Waals surface area contributed by atoms with E-state index in [1.54, 1.807) is 41.3 Å². The summed E-state index contributed by atoms with van der Waals surface area (Å²) in [5.41, 5.74) is 2.56. The molecule has 0 unspecified atom stereocenters. The Morgan fingerprint density at radius 3 is 2.54 bits per heavy atom. The number of thioether (sulfide) groups is 1. The number of hydrogen-bond acceptors (Lipinski definition) is 5. The van der Waals surface area contributed by atoms with Crippen molar-refractivity contribution in [1.29, 1.82) is 0 Å². The van der Waals surface area contributed by atoms with E-state index >= 15 is 0 Å². The summed E-state index contributed by atoms with van der Waals surface area (Å²) in [7, 11) is -3.58. The van der Waals surface area contributed by atoms with E-state index in [-0.39, 0.29) is 4.90 Å². The van der Waals surface area contributed by atoms with Crippen LogP contribution >= 0.6 is 23.1 Å². The average molecular weight is 379 g/mol. The zero-order valence-electron chi connectivity index (χ0n) is 13.4. The van der Waals surface area contributed by atoms with Crippen LogP contribution in [0.15, 0.2) is 51.7 Å². The second kappa shape index (κ2) is 7.13. The quantitative estimate of drug-likeness (QED) is 0.628. The summed E-state index contributed by atoms with van der Waals surface area (Å²) < 4.78 is 29.7. The normalized spacial score (nSPS) is 11.8. The zero-order chi connectivity index (χ0) is 17.2. The van der Waals surface area contributed by atoms with Gasteiger partial charge < -0.3 is 0 Å². The highest BCUT2D eigenvalue weighted by Gasteiger charge is 2.15. The second-order valence-electron chi connectivity index (χ2n) is 5.20. The number of rotatable bonds is 6. The molecule has 0 saturated carbocycles. The van der Waals surface area contributed by atoms with Crippen LogP contribution in [0, 0.1) is 0 Å². The monoisotopic (exact) mass is 378 g/mol. The van der Waals surface area contributed by atoms with Crippen LogP contribution < -0.4 is 4.72 Å². The molecule has 0 fully saturated rings. The predicted molar refractivity (Wildman–Crippen MR) is 103 cm³/mol. The molecule has 0 amide bonds. The lowest BCUT2D eigenvalue weighted by Crippen LogP contribution is -2.12. The number of sulfonamides is 1. The van der Waals surface area contributed by atoms with Gasteiger partial charge in [-0.25, -0.2) is 13.4 Å². The van der Waals surface area contributed by atoms with Gasteiger partial charge in [-0.2, -0.15) is 0 Å². The number of benzene rings is 2. The van der Waals surface area contributed by atoms with Gasteiger partial charge in [-0.1, -0.05) is 37.7 Å². The number of fused-ring (bicyclic) bond motifs is 1. The zero-order valence-corrected chi connectivity index (χ0v) is 15.9. The largest absolute Gasteiger partial charge is 0.280 e. The fourth-order valence-electron chi connectivity index (χ4n) is 2.27. The van der Waals surface area contributed by atoms with Crippen molar-refractivity contribution < 1.29 is 8.42 Å². The third kappa shape index (κ3) is 3.74. The van der Waals surface area contributed by atoms with Gasteiger partial charge >= 0.3 is 0 Å². The van der Waals surface area contributed by atoms with Crippen molar-refractivity contribution in [3.63, 3.8) is 0 Å². The molecule has 1 aromatic heterocycles. The van der Waals surface area contributed by atoms with Gasteiger partial charge in [0.25, 0.3) is 10.0 Å². The third-order valence-corrected chi connectivity index (χ3v) is 6.97. The molecule has 0 saturated heterocycles. The Labute approximate surface area is 150 Å². The fourth-order valence-corrected chi connectivity index (χ4v) is 5.32. The number of anilines is 1. The summed E-state index contributed by atoms with van der Waals surface area (Å²) in [6, 6.07) is 12.4. The van der Waals surface area contributed by atoms with Crippen LogP contribution in [0.3, 0.4) is 0 Å². The summed E-state index contributed by atoms with van der Waals surface area (Å²) in [6.07, 6.45) is 0.883. The molecule has 4 nitrogen and oxygen atoms in total. The van der Waals surface area contributed by atoms with Crippen molar-refractivity contribution in [2.24, 2.45) is 0 Å². The highest BCUT2D eigenvalue weighted by Crippen LogP contribution is 2.31. The molecule has 1 N–H and O–H groups in total. The van der Waals surface area contributed by atoms with E-state index in [0.717, 1.165) is 32.3 Å². The average Bonchev–Trinajstić information content (AvgIpc) is 2.96. The number of aromatic nitrogens is 1. The van der Waals surface area contributed by atoms with E-state index in [1.807, 2.05) is 31.2 Å². The van der Waals surface area contributed by atoms with Crippen molar-refractivity contribution in [2.45, 2.75) is 29.5 Å². The molecule has 3 aromatic rings. The molecule has 24 heavy (non-hydrogen) atoms. The number of nitrogens with zero attached hydrogens (tertiary/aromatic N) is 1. The van der Waals surface area contributed by atoms with E-state index in [9.17, 15) is 8.42 Å². The summed E-state index contributed by atoms with van der Waals surface area (Å²) in [4.78, 5) is 4.79. The maximum atomic E-state index is 12.5. The first-order valence-electron chi connectivity index (χ1n) is 7.67. The van der Waals surface area contributed by atoms with Gasteiger partial charge in [-0.15, -0.1) is 11.3 Å². The first-order chi connectivity index (χ1) is 11.5. The van der Waals surface area contributed by atoms with Gasteiger partial charge in [0.15, 0.2) is 4.34 Å². The molecule has 0 bridgehead atoms. The highest BCUT2D eigenvalue weighted by molar-refractivity contribution is 8.01. The molecule has 0 radical (unpaired) electrons. The van der Waals surface area contributed by atoms with Crippen molar-refractivity contribution in [3.8, 4) is 0 Å². The van der Waals surface area contributed by atoms with Crippen LogP contribution in [0.5, 0.6) is 0 Å². The SMILES string of the molecule is CCSc1nc2ccc(NS(=O)(=O)c3ccc(CC)cc3)cc2s1. The number of hydrogen-bond donors (Lipinski definition) is 1. The summed E-state index contributed by atoms with van der Waals surface area (Å²) in [5, 5.41) is 0. The molecular weight excluding hydrogens is 360 g/mol. The lowest BCUT2D eigenvalue weighted by Gasteiger charge is -2.08. The lowest BCUT2D eigenvalue weighted by atomic mass is 10.2. The first kappa shape index (κ1) is 17.3. The predicted octanol–water partition coefficient (Wildman–Crippen LogP) is 4.77. The summed E-state index contributed by atoms with van der Waals surface area (Å²) in [6.45, 7) is 4.12. The van der Waals surface area contributed by atoms with E-state index < -0.39 is 10.0 Å². The van der Waals surface area contributed by atoms with Crippen molar-refractivity contribution in [2.75, 3.05) is 10.5 Å². The molecule has 2 aromatic carbocycles. The molecule has 0 aliphatic rings. The second-order valence-corrected chi connectivity index (χ2v) is 9.42. The Morgan fingerprint density at radius 2 is 1.88 bits per heavy atom. The first-order valence-corrected chi connectivity index (χ1v) is 11.0. The van der Waals surface area contributed by atoms with Crippen LogP contribution in [0.1, 0.15) is 19.4 Å². The minimum absolute atomic E-state index is 0.270. The van der Waals surface area contributed by atoms with Gasteiger partial charge in [-0.05, 0) is 48.1 Å². The molecule has 3 rings (SSSR count). The molecule has 0 spiro atoms. The Kier molecular flexibility index (Phi) is 5.12. The van der Waals surface area contributed by atoms with E-state index in [1.165, 1.54) is 0 Å². The van der Waals surface area contributed by atoms with Gasteiger partial charge in [-0.3, -0.25) is 4.72 Å². The third-order valence-electron chi connectivity index (χ3n) is 3.53. The van der Waals surface area contributed by atoms with Crippen molar-refractivity contribution in [3.05, 3.63) is 48.0 Å². The van der Waals surface area contributed by atoms with Gasteiger partial charge in [0.2, 0.25) is 0 Å². The maximum Gasteiger partial charge on any atom is 0.261 e. The number of nitrogens with one attached hydrogen (secondary N) is 1. The molecule has 7 heteroatoms. The minimum atomic E-state index is -3.58. The van der Waals surface area contributed by atoms with Crippen molar-refractivity contribution >= 4 is 49.0 Å². The number of thiazole rings is 1. The van der Waals surface area contributed by atoms with Crippen LogP contribution in [0.4, 0.5) is 5.69 Å². The highest BCUT2D eigenvalue weighted by atomic mass is 32.2. The summed E-state index contributed by atoms with van der Waals surface area (Å²) in [5.74, 6) is 0.965. The van der Waals surface area contributed by atoms with E-state index in [0.29, 0.717) is 5.69 Å². The maximum absolute atomic E-state index is 12.5. The topological polar surface area (TPSA) is 59.1 Å². The fraction of sp³-hybridized carbons (Fsp3) is 0.235. The Hall–Kier alpha value is -1.57. The Morgan fingerprint density at radius 1 is 1.12 bits per heavy atom. The lowest BCUT2D eigenvalue weighted by molar-refractivity contribution is 0.601. The van der Waals surface area contributed by atoms with Gasteiger partial charge in [0.1, 0.15) is 0 Å². The molecular formula is C17H18N2O2S3. The van der Waals surface area contributed by atoms with E-state index in [4.69, 9.17) is 0 Å². The van der Waals surface area contributed by atoms with Crippen LogP contribution in [0.25, 0.3) is 10.2 Å². The molecule has 126 valence electrons. The molecule has 1 heterocycles. The van der Waals surface area contributed by atoms with E-state index in [2.05, 4.69) is 16.6 Å². The molecule has 0 aliphatic heterocycles. The molecule has 0 atom stereocenters. The molecule has 0 aliphatic carbocycles. The van der Waals surface area contributed by atoms with Crippen LogP contribution in [0.2, 0.25) is 0 Å². The van der Waals surface area contributed by atoms with Crippen LogP contribution in [-0.2, 0) is 16.4 Å².